The van der Waals surface area contributed by atoms with Crippen LogP contribution in [0, 0.1) is 5.82 Å². The number of carbonyl (C=O) groups is 2. The molecule has 0 radical (unpaired) electrons. The standard InChI is InChI=1S/C29H26FN3O4/c30-21-17-25-24(16-20(21)29(36)33-22-14-15-37-26-12-6-4-10-19(22)26)31-23(11-5-7-13-27(34)35)28(32-25)18-8-2-1-3-9-18/h1-4,6,8-10,12,16-17,22H,5,7,11,13-15H2,(H,33,36)(H,34,35). The van der Waals surface area contributed by atoms with Crippen molar-refractivity contribution in [3.05, 3.63) is 89.4 Å². The molecule has 1 aliphatic rings. The summed E-state index contributed by atoms with van der Waals surface area (Å²) in [5, 5.41) is 11.9. The number of nitrogens with zero attached hydrogens (tertiary/aromatic N) is 2. The molecule has 0 fully saturated rings. The van der Waals surface area contributed by atoms with Crippen molar-refractivity contribution in [1.82, 2.24) is 15.3 Å². The smallest absolute Gasteiger partial charge is 0.303 e. The molecule has 0 saturated heterocycles. The summed E-state index contributed by atoms with van der Waals surface area (Å²) in [6, 6.07) is 19.4. The van der Waals surface area contributed by atoms with Gasteiger partial charge in [-0.05, 0) is 31.4 Å². The van der Waals surface area contributed by atoms with Crippen molar-refractivity contribution in [2.24, 2.45) is 0 Å². The fourth-order valence-corrected chi connectivity index (χ4v) is 4.59. The molecule has 1 aromatic heterocycles. The van der Waals surface area contributed by atoms with Crippen LogP contribution < -0.4 is 10.1 Å². The van der Waals surface area contributed by atoms with Gasteiger partial charge in [-0.1, -0.05) is 48.5 Å². The van der Waals surface area contributed by atoms with Crippen LogP contribution in [-0.2, 0) is 11.2 Å². The maximum atomic E-state index is 15.2. The highest BCUT2D eigenvalue weighted by molar-refractivity contribution is 5.98. The fraction of sp³-hybridized carbons (Fsp3) is 0.241. The zero-order valence-corrected chi connectivity index (χ0v) is 20.1. The molecule has 1 unspecified atom stereocenters. The van der Waals surface area contributed by atoms with Gasteiger partial charge in [-0.25, -0.2) is 14.4 Å². The Balaban J connectivity index is 1.47. The van der Waals surface area contributed by atoms with E-state index in [4.69, 9.17) is 19.8 Å². The fourth-order valence-electron chi connectivity index (χ4n) is 4.59. The predicted molar refractivity (Wildman–Crippen MR) is 137 cm³/mol. The summed E-state index contributed by atoms with van der Waals surface area (Å²) < 4.78 is 20.8. The summed E-state index contributed by atoms with van der Waals surface area (Å²) in [6.07, 6.45) is 2.29. The Kier molecular flexibility index (Phi) is 7.07. The van der Waals surface area contributed by atoms with E-state index >= 15 is 4.39 Å². The minimum Gasteiger partial charge on any atom is -0.493 e. The first kappa shape index (κ1) is 24.4. The van der Waals surface area contributed by atoms with Crippen molar-refractivity contribution >= 4 is 22.9 Å². The number of carboxylic acids is 1. The number of aliphatic carboxylic acids is 1. The molecule has 2 N–H and O–H groups in total. The summed E-state index contributed by atoms with van der Waals surface area (Å²) >= 11 is 0. The first-order chi connectivity index (χ1) is 18.0. The maximum Gasteiger partial charge on any atom is 0.303 e. The van der Waals surface area contributed by atoms with E-state index in [1.807, 2.05) is 54.6 Å². The number of ether oxygens (including phenoxy) is 1. The van der Waals surface area contributed by atoms with Gasteiger partial charge in [0.25, 0.3) is 5.91 Å². The van der Waals surface area contributed by atoms with Gasteiger partial charge in [-0.2, -0.15) is 0 Å². The number of aromatic nitrogens is 2. The molecule has 0 saturated carbocycles. The molecule has 0 bridgehead atoms. The van der Waals surface area contributed by atoms with E-state index < -0.39 is 17.7 Å². The number of carboxylic acid groups (broad SMARTS) is 1. The lowest BCUT2D eigenvalue weighted by molar-refractivity contribution is -0.137. The second-order valence-electron chi connectivity index (χ2n) is 9.01. The van der Waals surface area contributed by atoms with Crippen LogP contribution in [0.5, 0.6) is 5.75 Å². The summed E-state index contributed by atoms with van der Waals surface area (Å²) in [4.78, 5) is 33.5. The summed E-state index contributed by atoms with van der Waals surface area (Å²) in [6.45, 7) is 0.459. The van der Waals surface area contributed by atoms with Gasteiger partial charge in [-0.3, -0.25) is 9.59 Å². The Morgan fingerprint density at radius 1 is 1.00 bits per heavy atom. The number of para-hydroxylation sites is 1. The summed E-state index contributed by atoms with van der Waals surface area (Å²) in [5.74, 6) is -1.33. The average molecular weight is 500 g/mol. The van der Waals surface area contributed by atoms with Gasteiger partial charge in [0.05, 0.1) is 40.6 Å². The normalized spacial score (nSPS) is 14.6. The highest BCUT2D eigenvalue weighted by Gasteiger charge is 2.25. The van der Waals surface area contributed by atoms with E-state index in [-0.39, 0.29) is 18.0 Å². The molecule has 2 heterocycles. The number of unbranched alkanes of at least 4 members (excludes halogenated alkanes) is 1. The van der Waals surface area contributed by atoms with Gasteiger partial charge in [0.1, 0.15) is 11.6 Å². The number of hydrogen-bond donors (Lipinski definition) is 2. The minimum atomic E-state index is -0.842. The van der Waals surface area contributed by atoms with Crippen LogP contribution in [0.2, 0.25) is 0 Å². The Hall–Kier alpha value is -4.33. The number of halogens is 1. The van der Waals surface area contributed by atoms with Gasteiger partial charge < -0.3 is 15.2 Å². The number of fused-ring (bicyclic) bond motifs is 2. The van der Waals surface area contributed by atoms with Crippen LogP contribution >= 0.6 is 0 Å². The molecule has 1 atom stereocenters. The lowest BCUT2D eigenvalue weighted by Gasteiger charge is -2.26. The number of hydrogen-bond acceptors (Lipinski definition) is 5. The minimum absolute atomic E-state index is 0.0759. The van der Waals surface area contributed by atoms with Crippen molar-refractivity contribution in [2.75, 3.05) is 6.61 Å². The monoisotopic (exact) mass is 499 g/mol. The number of aryl methyl sites for hydroxylation is 1. The molecule has 5 rings (SSSR count). The van der Waals surface area contributed by atoms with Crippen molar-refractivity contribution in [1.29, 1.82) is 0 Å². The Bertz CT molecular complexity index is 1460. The van der Waals surface area contributed by atoms with E-state index in [0.29, 0.717) is 60.5 Å². The van der Waals surface area contributed by atoms with Gasteiger partial charge in [0, 0.05) is 30.0 Å². The van der Waals surface area contributed by atoms with Crippen molar-refractivity contribution in [3.63, 3.8) is 0 Å². The topological polar surface area (TPSA) is 101 Å². The predicted octanol–water partition coefficient (Wildman–Crippen LogP) is 5.49. The first-order valence-corrected chi connectivity index (χ1v) is 12.3. The van der Waals surface area contributed by atoms with Crippen molar-refractivity contribution in [3.8, 4) is 17.0 Å². The van der Waals surface area contributed by atoms with E-state index in [9.17, 15) is 9.59 Å². The third-order valence-corrected chi connectivity index (χ3v) is 6.44. The molecule has 3 aromatic carbocycles. The number of rotatable bonds is 8. The molecular formula is C29H26FN3O4. The molecule has 188 valence electrons. The third-order valence-electron chi connectivity index (χ3n) is 6.44. The molecule has 7 nitrogen and oxygen atoms in total. The Morgan fingerprint density at radius 3 is 2.57 bits per heavy atom. The van der Waals surface area contributed by atoms with Crippen LogP contribution in [0.4, 0.5) is 4.39 Å². The molecule has 4 aromatic rings. The van der Waals surface area contributed by atoms with Crippen LogP contribution in [0.15, 0.2) is 66.7 Å². The summed E-state index contributed by atoms with van der Waals surface area (Å²) in [7, 11) is 0. The van der Waals surface area contributed by atoms with E-state index in [1.54, 1.807) is 0 Å². The zero-order chi connectivity index (χ0) is 25.8. The van der Waals surface area contributed by atoms with Crippen LogP contribution in [0.1, 0.15) is 53.3 Å². The quantitative estimate of drug-likeness (QED) is 0.311. The Morgan fingerprint density at radius 2 is 1.76 bits per heavy atom. The van der Waals surface area contributed by atoms with Crippen molar-refractivity contribution in [2.45, 2.75) is 38.1 Å². The van der Waals surface area contributed by atoms with E-state index in [1.165, 1.54) is 12.1 Å². The van der Waals surface area contributed by atoms with E-state index in [2.05, 4.69) is 5.32 Å². The van der Waals surface area contributed by atoms with E-state index in [0.717, 1.165) is 11.1 Å². The van der Waals surface area contributed by atoms with Gasteiger partial charge in [-0.15, -0.1) is 0 Å². The molecule has 0 spiro atoms. The molecule has 1 amide bonds. The molecular weight excluding hydrogens is 473 g/mol. The lowest BCUT2D eigenvalue weighted by Crippen LogP contribution is -2.32. The summed E-state index contributed by atoms with van der Waals surface area (Å²) in [5.41, 5.74) is 3.66. The molecule has 1 aliphatic heterocycles. The van der Waals surface area contributed by atoms with Crippen LogP contribution in [-0.4, -0.2) is 33.6 Å². The van der Waals surface area contributed by atoms with Crippen molar-refractivity contribution < 1.29 is 23.8 Å². The number of benzene rings is 3. The largest absolute Gasteiger partial charge is 0.493 e. The number of nitrogens with one attached hydrogen (secondary N) is 1. The second-order valence-corrected chi connectivity index (χ2v) is 9.01. The number of amides is 1. The molecule has 37 heavy (non-hydrogen) atoms. The Labute approximate surface area is 213 Å². The first-order valence-electron chi connectivity index (χ1n) is 12.3. The SMILES string of the molecule is O=C(O)CCCCc1nc2cc(C(=O)NC3CCOc4ccccc43)c(F)cc2nc1-c1ccccc1. The third kappa shape index (κ3) is 5.43. The highest BCUT2D eigenvalue weighted by atomic mass is 19.1. The van der Waals surface area contributed by atoms with Crippen LogP contribution in [0.3, 0.4) is 0 Å². The average Bonchev–Trinajstić information content (AvgIpc) is 2.91. The van der Waals surface area contributed by atoms with Crippen LogP contribution in [0.25, 0.3) is 22.3 Å². The molecule has 0 aliphatic carbocycles. The number of carbonyl (C=O) groups excluding carboxylic acids is 1. The lowest BCUT2D eigenvalue weighted by atomic mass is 10.00. The maximum absolute atomic E-state index is 15.2. The van der Waals surface area contributed by atoms with Gasteiger partial charge >= 0.3 is 5.97 Å². The van der Waals surface area contributed by atoms with Gasteiger partial charge in [0.2, 0.25) is 0 Å². The molecule has 8 heteroatoms. The highest BCUT2D eigenvalue weighted by Crippen LogP contribution is 2.32. The van der Waals surface area contributed by atoms with Gasteiger partial charge in [0.15, 0.2) is 0 Å². The second kappa shape index (κ2) is 10.7. The zero-order valence-electron chi connectivity index (χ0n) is 20.1.